The Balaban J connectivity index is 1.99. The van der Waals surface area contributed by atoms with Crippen LogP contribution in [0.2, 0.25) is 0 Å². The summed E-state index contributed by atoms with van der Waals surface area (Å²) in [5.41, 5.74) is 6.57. The molecule has 1 aromatic carbocycles. The number of para-hydroxylation sites is 1. The van der Waals surface area contributed by atoms with Crippen molar-refractivity contribution in [2.75, 3.05) is 32.4 Å². The minimum atomic E-state index is -0.492. The molecule has 1 heterocycles. The second-order valence-electron chi connectivity index (χ2n) is 5.37. The number of carbonyl (C=O) groups is 1. The van der Waals surface area contributed by atoms with Crippen molar-refractivity contribution in [3.8, 4) is 0 Å². The number of hydrogen-bond donors (Lipinski definition) is 1. The van der Waals surface area contributed by atoms with E-state index in [4.69, 9.17) is 5.73 Å². The molecule has 1 aromatic rings. The molecule has 0 aromatic heterocycles. The molecule has 1 aliphatic rings. The van der Waals surface area contributed by atoms with Crippen LogP contribution in [0.4, 0.5) is 11.4 Å². The van der Waals surface area contributed by atoms with Crippen molar-refractivity contribution in [3.63, 3.8) is 0 Å². The average Bonchev–Trinajstić information content (AvgIpc) is 2.94. The fraction of sp³-hybridized carbons (Fsp3) is 0.500. The van der Waals surface area contributed by atoms with Gasteiger partial charge in [0.1, 0.15) is 5.69 Å². The van der Waals surface area contributed by atoms with E-state index in [9.17, 15) is 14.9 Å². The number of rotatable bonds is 5. The van der Waals surface area contributed by atoms with Crippen molar-refractivity contribution in [2.24, 2.45) is 0 Å². The molecule has 1 amide bonds. The Morgan fingerprint density at radius 2 is 2.10 bits per heavy atom. The first-order chi connectivity index (χ1) is 9.99. The standard InChI is InChI=1S/C14H20N4O3/c1-16(10-13(19)17-7-2-3-8-17)9-11-5-4-6-12(14(11)15)18(20)21/h4-6H,2-3,7-10,15H2,1H3. The highest BCUT2D eigenvalue weighted by molar-refractivity contribution is 5.78. The number of anilines is 1. The highest BCUT2D eigenvalue weighted by Gasteiger charge is 2.20. The lowest BCUT2D eigenvalue weighted by Gasteiger charge is -2.21. The van der Waals surface area contributed by atoms with Gasteiger partial charge in [-0.25, -0.2) is 0 Å². The van der Waals surface area contributed by atoms with Gasteiger partial charge in [0, 0.05) is 25.7 Å². The van der Waals surface area contributed by atoms with Gasteiger partial charge in [0.05, 0.1) is 11.5 Å². The van der Waals surface area contributed by atoms with Crippen molar-refractivity contribution in [1.29, 1.82) is 0 Å². The van der Waals surface area contributed by atoms with Gasteiger partial charge in [0.25, 0.3) is 5.69 Å². The van der Waals surface area contributed by atoms with Crippen LogP contribution in [0.25, 0.3) is 0 Å². The maximum atomic E-state index is 12.1. The molecule has 1 saturated heterocycles. The van der Waals surface area contributed by atoms with E-state index in [-0.39, 0.29) is 17.3 Å². The summed E-state index contributed by atoms with van der Waals surface area (Å²) in [6.45, 7) is 2.35. The number of nitro benzene ring substituents is 1. The monoisotopic (exact) mass is 292 g/mol. The van der Waals surface area contributed by atoms with Crippen molar-refractivity contribution in [3.05, 3.63) is 33.9 Å². The largest absolute Gasteiger partial charge is 0.393 e. The number of nitrogen functional groups attached to an aromatic ring is 1. The fourth-order valence-electron chi connectivity index (χ4n) is 2.54. The predicted octanol–water partition coefficient (Wildman–Crippen LogP) is 1.23. The lowest BCUT2D eigenvalue weighted by Crippen LogP contribution is -2.37. The van der Waals surface area contributed by atoms with E-state index in [0.29, 0.717) is 18.7 Å². The van der Waals surface area contributed by atoms with E-state index in [0.717, 1.165) is 25.9 Å². The average molecular weight is 292 g/mol. The number of amides is 1. The van der Waals surface area contributed by atoms with Gasteiger partial charge in [0.2, 0.25) is 5.91 Å². The Kier molecular flexibility index (Phi) is 4.74. The van der Waals surface area contributed by atoms with Crippen LogP contribution in [-0.2, 0) is 11.3 Å². The zero-order valence-corrected chi connectivity index (χ0v) is 12.1. The molecule has 114 valence electrons. The summed E-state index contributed by atoms with van der Waals surface area (Å²) in [5.74, 6) is 0.0963. The lowest BCUT2D eigenvalue weighted by atomic mass is 10.1. The molecule has 7 heteroatoms. The molecule has 0 aliphatic carbocycles. The first-order valence-corrected chi connectivity index (χ1v) is 6.97. The number of nitrogens with zero attached hydrogens (tertiary/aromatic N) is 3. The number of hydrogen-bond acceptors (Lipinski definition) is 5. The van der Waals surface area contributed by atoms with Gasteiger partial charge >= 0.3 is 0 Å². The van der Waals surface area contributed by atoms with E-state index < -0.39 is 4.92 Å². The van der Waals surface area contributed by atoms with Crippen molar-refractivity contribution in [2.45, 2.75) is 19.4 Å². The summed E-state index contributed by atoms with van der Waals surface area (Å²) in [4.78, 5) is 26.1. The molecule has 2 rings (SSSR count). The molecule has 0 spiro atoms. The minimum absolute atomic E-state index is 0.0910. The SMILES string of the molecule is CN(CC(=O)N1CCCC1)Cc1cccc([N+](=O)[O-])c1N. The van der Waals surface area contributed by atoms with Gasteiger partial charge in [-0.2, -0.15) is 0 Å². The molecule has 1 fully saturated rings. The Labute approximate surface area is 123 Å². The Bertz CT molecular complexity index is 541. The fourth-order valence-corrected chi connectivity index (χ4v) is 2.54. The molecular weight excluding hydrogens is 272 g/mol. The number of carbonyl (C=O) groups excluding carboxylic acids is 1. The van der Waals surface area contributed by atoms with Crippen LogP contribution < -0.4 is 5.73 Å². The first kappa shape index (κ1) is 15.2. The Morgan fingerprint density at radius 3 is 2.71 bits per heavy atom. The molecule has 0 unspecified atom stereocenters. The quantitative estimate of drug-likeness (QED) is 0.500. The molecule has 2 N–H and O–H groups in total. The van der Waals surface area contributed by atoms with Crippen LogP contribution in [0.15, 0.2) is 18.2 Å². The molecule has 7 nitrogen and oxygen atoms in total. The van der Waals surface area contributed by atoms with E-state index in [2.05, 4.69) is 0 Å². The van der Waals surface area contributed by atoms with E-state index in [1.807, 2.05) is 16.8 Å². The molecule has 0 bridgehead atoms. The summed E-state index contributed by atoms with van der Waals surface area (Å²) in [6.07, 6.45) is 2.13. The van der Waals surface area contributed by atoms with Crippen LogP contribution in [-0.4, -0.2) is 47.3 Å². The normalized spacial score (nSPS) is 14.7. The molecular formula is C14H20N4O3. The third-order valence-electron chi connectivity index (χ3n) is 3.67. The summed E-state index contributed by atoms with van der Waals surface area (Å²) >= 11 is 0. The zero-order chi connectivity index (χ0) is 15.4. The van der Waals surface area contributed by atoms with Gasteiger partial charge < -0.3 is 10.6 Å². The van der Waals surface area contributed by atoms with E-state index in [1.165, 1.54) is 6.07 Å². The zero-order valence-electron chi connectivity index (χ0n) is 12.1. The highest BCUT2D eigenvalue weighted by Crippen LogP contribution is 2.25. The Hall–Kier alpha value is -2.15. The van der Waals surface area contributed by atoms with Gasteiger partial charge in [-0.3, -0.25) is 19.8 Å². The van der Waals surface area contributed by atoms with Crippen LogP contribution in [0.3, 0.4) is 0 Å². The van der Waals surface area contributed by atoms with Gasteiger partial charge in [-0.05, 0) is 25.5 Å². The predicted molar refractivity (Wildman–Crippen MR) is 79.7 cm³/mol. The molecule has 0 saturated carbocycles. The smallest absolute Gasteiger partial charge is 0.292 e. The van der Waals surface area contributed by atoms with Crippen LogP contribution in [0.5, 0.6) is 0 Å². The molecule has 0 radical (unpaired) electrons. The number of benzene rings is 1. The first-order valence-electron chi connectivity index (χ1n) is 6.97. The van der Waals surface area contributed by atoms with Crippen LogP contribution in [0.1, 0.15) is 18.4 Å². The molecule has 21 heavy (non-hydrogen) atoms. The van der Waals surface area contributed by atoms with Crippen molar-refractivity contribution in [1.82, 2.24) is 9.80 Å². The Morgan fingerprint density at radius 1 is 1.43 bits per heavy atom. The van der Waals surface area contributed by atoms with Gasteiger partial charge in [0.15, 0.2) is 0 Å². The van der Waals surface area contributed by atoms with Crippen LogP contribution in [0, 0.1) is 10.1 Å². The van der Waals surface area contributed by atoms with E-state index >= 15 is 0 Å². The maximum Gasteiger partial charge on any atom is 0.292 e. The lowest BCUT2D eigenvalue weighted by molar-refractivity contribution is -0.384. The van der Waals surface area contributed by atoms with Crippen molar-refractivity contribution >= 4 is 17.3 Å². The third kappa shape index (κ3) is 3.69. The second-order valence-corrected chi connectivity index (χ2v) is 5.37. The topological polar surface area (TPSA) is 92.7 Å². The molecule has 1 aliphatic heterocycles. The number of likely N-dealkylation sites (N-methyl/N-ethyl adjacent to an activating group) is 1. The number of likely N-dealkylation sites (tertiary alicyclic amines) is 1. The molecule has 0 atom stereocenters. The van der Waals surface area contributed by atoms with Gasteiger partial charge in [-0.1, -0.05) is 12.1 Å². The minimum Gasteiger partial charge on any atom is -0.393 e. The third-order valence-corrected chi connectivity index (χ3v) is 3.67. The maximum absolute atomic E-state index is 12.1. The summed E-state index contributed by atoms with van der Waals surface area (Å²) in [5, 5.41) is 10.9. The van der Waals surface area contributed by atoms with Crippen molar-refractivity contribution < 1.29 is 9.72 Å². The van der Waals surface area contributed by atoms with Crippen LogP contribution >= 0.6 is 0 Å². The second kappa shape index (κ2) is 6.53. The highest BCUT2D eigenvalue weighted by atomic mass is 16.6. The van der Waals surface area contributed by atoms with E-state index in [1.54, 1.807) is 12.1 Å². The number of nitro groups is 1. The van der Waals surface area contributed by atoms with Gasteiger partial charge in [-0.15, -0.1) is 0 Å². The summed E-state index contributed by atoms with van der Waals surface area (Å²) < 4.78 is 0. The summed E-state index contributed by atoms with van der Waals surface area (Å²) in [7, 11) is 1.81. The number of nitrogens with two attached hydrogens (primary N) is 1. The summed E-state index contributed by atoms with van der Waals surface area (Å²) in [6, 6.07) is 4.74.